The Labute approximate surface area is 220 Å². The van der Waals surface area contributed by atoms with Gasteiger partial charge in [-0.15, -0.1) is 0 Å². The second-order valence-corrected chi connectivity index (χ2v) is 10.2. The number of methoxy groups -OCH3 is 2. The summed E-state index contributed by atoms with van der Waals surface area (Å²) in [4.78, 5) is 23.0. The number of nitrogens with one attached hydrogen (secondary N) is 1. The van der Waals surface area contributed by atoms with E-state index in [0.29, 0.717) is 11.7 Å². The Hall–Kier alpha value is -4.45. The first-order chi connectivity index (χ1) is 18.1. The molecule has 0 atom stereocenters. The third kappa shape index (κ3) is 6.45. The van der Waals surface area contributed by atoms with Gasteiger partial charge in [-0.2, -0.15) is 5.10 Å². The molecule has 200 valence electrons. The average molecular weight is 541 g/mol. The average Bonchev–Trinajstić information content (AvgIpc) is 2.91. The van der Waals surface area contributed by atoms with Gasteiger partial charge in [-0.25, -0.2) is 13.8 Å². The van der Waals surface area contributed by atoms with Crippen LogP contribution in [0.4, 0.5) is 11.4 Å². The smallest absolute Gasteiger partial charge is 0.289 e. The second kappa shape index (κ2) is 12.2. The summed E-state index contributed by atoms with van der Waals surface area (Å²) in [5, 5.41) is 15.5. The number of benzene rings is 3. The van der Waals surface area contributed by atoms with E-state index in [4.69, 9.17) is 9.47 Å². The van der Waals surface area contributed by atoms with Crippen molar-refractivity contribution < 1.29 is 27.6 Å². The molecule has 0 aliphatic heterocycles. The van der Waals surface area contributed by atoms with E-state index in [-0.39, 0.29) is 11.4 Å². The minimum absolute atomic E-state index is 0.0187. The first kappa shape index (κ1) is 28.1. The van der Waals surface area contributed by atoms with Crippen molar-refractivity contribution in [1.29, 1.82) is 0 Å². The maximum absolute atomic E-state index is 13.7. The van der Waals surface area contributed by atoms with Gasteiger partial charge >= 0.3 is 0 Å². The highest BCUT2D eigenvalue weighted by molar-refractivity contribution is 7.93. The Morgan fingerprint density at radius 1 is 1.08 bits per heavy atom. The number of para-hydroxylation sites is 1. The minimum Gasteiger partial charge on any atom is -0.497 e. The van der Waals surface area contributed by atoms with Crippen molar-refractivity contribution in [3.63, 3.8) is 0 Å². The molecule has 3 rings (SSSR count). The lowest BCUT2D eigenvalue weighted by atomic mass is 10.0. The quantitative estimate of drug-likeness (QED) is 0.219. The summed E-state index contributed by atoms with van der Waals surface area (Å²) in [5.74, 6) is 0.0447. The second-order valence-electron chi connectivity index (χ2n) is 8.39. The fourth-order valence-corrected chi connectivity index (χ4v) is 5.14. The number of ether oxygens (including phenoxy) is 2. The van der Waals surface area contributed by atoms with E-state index in [1.807, 2.05) is 24.3 Å². The zero-order valence-electron chi connectivity index (χ0n) is 21.3. The number of hydrogen-bond acceptors (Lipinski definition) is 8. The van der Waals surface area contributed by atoms with Crippen LogP contribution in [-0.4, -0.2) is 46.2 Å². The zero-order valence-corrected chi connectivity index (χ0v) is 22.1. The van der Waals surface area contributed by atoms with Crippen molar-refractivity contribution in [2.45, 2.75) is 24.7 Å². The maximum atomic E-state index is 13.7. The Morgan fingerprint density at radius 3 is 2.37 bits per heavy atom. The molecule has 0 saturated carbocycles. The molecule has 0 aliphatic carbocycles. The normalized spacial score (nSPS) is 11.4. The Morgan fingerprint density at radius 2 is 1.76 bits per heavy atom. The molecule has 3 aromatic carbocycles. The van der Waals surface area contributed by atoms with Crippen LogP contribution >= 0.6 is 0 Å². The summed E-state index contributed by atoms with van der Waals surface area (Å²) < 4.78 is 38.7. The monoisotopic (exact) mass is 540 g/mol. The molecule has 0 aliphatic rings. The van der Waals surface area contributed by atoms with Gasteiger partial charge in [0.05, 0.1) is 31.0 Å². The molecule has 12 heteroatoms. The number of carbonyl (C=O) groups excluding carboxylic acids is 1. The van der Waals surface area contributed by atoms with E-state index in [1.165, 1.54) is 50.8 Å². The van der Waals surface area contributed by atoms with E-state index < -0.39 is 38.0 Å². The highest BCUT2D eigenvalue weighted by Gasteiger charge is 2.34. The van der Waals surface area contributed by atoms with Crippen LogP contribution in [0, 0.1) is 10.1 Å². The molecule has 0 heterocycles. The van der Waals surface area contributed by atoms with E-state index in [1.54, 1.807) is 0 Å². The van der Waals surface area contributed by atoms with Crippen molar-refractivity contribution in [3.05, 3.63) is 88.0 Å². The Kier molecular flexibility index (Phi) is 9.02. The van der Waals surface area contributed by atoms with E-state index in [9.17, 15) is 23.3 Å². The largest absolute Gasteiger partial charge is 0.497 e. The van der Waals surface area contributed by atoms with Gasteiger partial charge < -0.3 is 9.47 Å². The van der Waals surface area contributed by atoms with E-state index >= 15 is 0 Å². The van der Waals surface area contributed by atoms with Gasteiger partial charge in [0.2, 0.25) is 0 Å². The lowest BCUT2D eigenvalue weighted by Gasteiger charge is -2.25. The summed E-state index contributed by atoms with van der Waals surface area (Å²) in [7, 11) is -1.86. The Bertz CT molecular complexity index is 1440. The van der Waals surface area contributed by atoms with Gasteiger partial charge in [-0.1, -0.05) is 50.2 Å². The molecule has 0 fully saturated rings. The van der Waals surface area contributed by atoms with Crippen LogP contribution in [0.15, 0.2) is 76.7 Å². The van der Waals surface area contributed by atoms with E-state index in [0.717, 1.165) is 27.6 Å². The molecular weight excluding hydrogens is 512 g/mol. The first-order valence-electron chi connectivity index (χ1n) is 11.5. The molecule has 0 aromatic heterocycles. The highest BCUT2D eigenvalue weighted by Crippen LogP contribution is 2.37. The number of amides is 1. The summed E-state index contributed by atoms with van der Waals surface area (Å²) >= 11 is 0. The zero-order chi connectivity index (χ0) is 27.9. The van der Waals surface area contributed by atoms with Crippen LogP contribution in [0.1, 0.15) is 30.9 Å². The first-order valence-corrected chi connectivity index (χ1v) is 12.9. The molecular formula is C26H28N4O7S. The summed E-state index contributed by atoms with van der Waals surface area (Å²) in [5.41, 5.74) is 3.55. The topological polar surface area (TPSA) is 140 Å². The molecule has 0 unspecified atom stereocenters. The molecule has 38 heavy (non-hydrogen) atoms. The van der Waals surface area contributed by atoms with Crippen LogP contribution in [0.25, 0.3) is 0 Å². The highest BCUT2D eigenvalue weighted by atomic mass is 32.2. The van der Waals surface area contributed by atoms with Crippen LogP contribution in [0.5, 0.6) is 11.5 Å². The number of hydrogen-bond donors (Lipinski definition) is 1. The van der Waals surface area contributed by atoms with Crippen molar-refractivity contribution in [3.8, 4) is 11.5 Å². The van der Waals surface area contributed by atoms with Gasteiger partial charge in [-0.3, -0.25) is 19.2 Å². The van der Waals surface area contributed by atoms with Crippen molar-refractivity contribution in [2.24, 2.45) is 5.10 Å². The van der Waals surface area contributed by atoms with Gasteiger partial charge in [-0.05, 0) is 35.2 Å². The number of anilines is 1. The molecule has 0 radical (unpaired) electrons. The molecule has 0 saturated heterocycles. The Balaban J connectivity index is 1.96. The number of carbonyl (C=O) groups is 1. The third-order valence-electron chi connectivity index (χ3n) is 5.58. The van der Waals surface area contributed by atoms with Gasteiger partial charge in [0.1, 0.15) is 18.0 Å². The predicted octanol–water partition coefficient (Wildman–Crippen LogP) is 4.08. The lowest BCUT2D eigenvalue weighted by molar-refractivity contribution is -0.387. The van der Waals surface area contributed by atoms with Crippen molar-refractivity contribution >= 4 is 33.5 Å². The number of rotatable bonds is 11. The molecule has 0 bridgehead atoms. The van der Waals surface area contributed by atoms with Crippen molar-refractivity contribution in [2.75, 3.05) is 25.1 Å². The van der Waals surface area contributed by atoms with Crippen LogP contribution in [0.2, 0.25) is 0 Å². The number of nitro groups is 1. The van der Waals surface area contributed by atoms with Gasteiger partial charge in [0.25, 0.3) is 21.6 Å². The van der Waals surface area contributed by atoms with E-state index in [2.05, 4.69) is 24.4 Å². The molecule has 0 spiro atoms. The molecule has 3 aromatic rings. The van der Waals surface area contributed by atoms with Crippen LogP contribution < -0.4 is 19.2 Å². The summed E-state index contributed by atoms with van der Waals surface area (Å²) in [6.07, 6.45) is 1.43. The molecule has 1 amide bonds. The minimum atomic E-state index is -4.61. The fraction of sp³-hybridized carbons (Fsp3) is 0.231. The lowest BCUT2D eigenvalue weighted by Crippen LogP contribution is -2.40. The number of hydrazone groups is 1. The summed E-state index contributed by atoms with van der Waals surface area (Å²) in [6.45, 7) is 3.41. The van der Waals surface area contributed by atoms with Gasteiger partial charge in [0, 0.05) is 12.1 Å². The molecule has 1 N–H and O–H groups in total. The summed E-state index contributed by atoms with van der Waals surface area (Å²) in [6, 6.07) is 16.8. The number of sulfonamides is 1. The maximum Gasteiger partial charge on any atom is 0.289 e. The van der Waals surface area contributed by atoms with Crippen molar-refractivity contribution in [1.82, 2.24) is 5.43 Å². The van der Waals surface area contributed by atoms with Crippen LogP contribution in [-0.2, 0) is 14.8 Å². The standard InChI is InChI=1S/C26H28N4O7S/c1-18(2)20-11-9-19(10-12-20)16-27-28-26(31)17-29(22-14-13-21(36-3)15-24(22)37-4)38(34,35)25-8-6-5-7-23(25)30(32)33/h5-16,18H,17H2,1-4H3,(H,28,31)/b27-16+. The van der Waals surface area contributed by atoms with Crippen LogP contribution in [0.3, 0.4) is 0 Å². The van der Waals surface area contributed by atoms with Gasteiger partial charge in [0.15, 0.2) is 4.90 Å². The third-order valence-corrected chi connectivity index (χ3v) is 7.39. The SMILES string of the molecule is COc1ccc(N(CC(=O)N/N=C/c2ccc(C(C)C)cc2)S(=O)(=O)c2ccccc2[N+](=O)[O-])c(OC)c1. The molecule has 11 nitrogen and oxygen atoms in total. The predicted molar refractivity (Wildman–Crippen MR) is 143 cm³/mol. The fourth-order valence-electron chi connectivity index (χ4n) is 3.55. The number of nitro benzene ring substituents is 1. The number of nitrogens with zero attached hydrogens (tertiary/aromatic N) is 3.